The van der Waals surface area contributed by atoms with Crippen LogP contribution in [0.2, 0.25) is 5.02 Å². The van der Waals surface area contributed by atoms with Crippen molar-refractivity contribution in [1.82, 2.24) is 0 Å². The summed E-state index contributed by atoms with van der Waals surface area (Å²) in [6.07, 6.45) is 1.14. The van der Waals surface area contributed by atoms with Gasteiger partial charge in [-0.05, 0) is 30.5 Å². The van der Waals surface area contributed by atoms with Crippen molar-refractivity contribution in [2.45, 2.75) is 32.8 Å². The molecule has 0 saturated carbocycles. The van der Waals surface area contributed by atoms with Gasteiger partial charge in [0, 0.05) is 0 Å². The fourth-order valence-electron chi connectivity index (χ4n) is 1.31. The Morgan fingerprint density at radius 3 is 2.67 bits per heavy atom. The predicted octanol–water partition coefficient (Wildman–Crippen LogP) is 3.57. The molecule has 0 aliphatic heterocycles. The molecule has 0 spiro atoms. The number of aliphatic hydroxyl groups is 1. The van der Waals surface area contributed by atoms with Crippen LogP contribution < -0.4 is 4.74 Å². The van der Waals surface area contributed by atoms with Crippen molar-refractivity contribution in [2.24, 2.45) is 0 Å². The minimum atomic E-state index is -0.488. The summed E-state index contributed by atoms with van der Waals surface area (Å²) in [5, 5.41) is 10.2. The van der Waals surface area contributed by atoms with Gasteiger partial charge in [0.05, 0.1) is 17.7 Å². The SMILES string of the molecule is CCCOc1ccc(C(O)CC)c(Cl)c1. The fraction of sp³-hybridized carbons (Fsp3) is 0.500. The Bertz CT molecular complexity index is 312. The first-order valence-electron chi connectivity index (χ1n) is 5.29. The number of rotatable bonds is 5. The van der Waals surface area contributed by atoms with E-state index in [9.17, 15) is 5.11 Å². The number of benzene rings is 1. The van der Waals surface area contributed by atoms with Crippen LogP contribution in [0.1, 0.15) is 38.4 Å². The highest BCUT2D eigenvalue weighted by atomic mass is 35.5. The van der Waals surface area contributed by atoms with E-state index in [4.69, 9.17) is 16.3 Å². The van der Waals surface area contributed by atoms with Crippen molar-refractivity contribution in [1.29, 1.82) is 0 Å². The van der Waals surface area contributed by atoms with Gasteiger partial charge in [-0.25, -0.2) is 0 Å². The molecule has 84 valence electrons. The number of hydrogen-bond acceptors (Lipinski definition) is 2. The van der Waals surface area contributed by atoms with Crippen LogP contribution in [0.15, 0.2) is 18.2 Å². The summed E-state index contributed by atoms with van der Waals surface area (Å²) in [7, 11) is 0. The smallest absolute Gasteiger partial charge is 0.120 e. The van der Waals surface area contributed by atoms with Gasteiger partial charge < -0.3 is 9.84 Å². The maximum absolute atomic E-state index is 9.65. The summed E-state index contributed by atoms with van der Waals surface area (Å²) in [6, 6.07) is 5.42. The summed E-state index contributed by atoms with van der Waals surface area (Å²) in [6.45, 7) is 4.66. The number of hydrogen-bond donors (Lipinski definition) is 1. The van der Waals surface area contributed by atoms with Gasteiger partial charge in [0.15, 0.2) is 0 Å². The molecule has 0 saturated heterocycles. The molecule has 0 aliphatic rings. The Morgan fingerprint density at radius 1 is 1.40 bits per heavy atom. The predicted molar refractivity (Wildman–Crippen MR) is 62.5 cm³/mol. The van der Waals surface area contributed by atoms with Crippen LogP contribution in [-0.4, -0.2) is 11.7 Å². The lowest BCUT2D eigenvalue weighted by Gasteiger charge is -2.12. The van der Waals surface area contributed by atoms with Crippen LogP contribution in [0.25, 0.3) is 0 Å². The zero-order valence-corrected chi connectivity index (χ0v) is 9.92. The van der Waals surface area contributed by atoms with Crippen LogP contribution in [0.4, 0.5) is 0 Å². The zero-order valence-electron chi connectivity index (χ0n) is 9.16. The van der Waals surface area contributed by atoms with E-state index in [0.29, 0.717) is 18.1 Å². The van der Waals surface area contributed by atoms with Gasteiger partial charge in [-0.1, -0.05) is 31.5 Å². The van der Waals surface area contributed by atoms with Gasteiger partial charge in [0.1, 0.15) is 5.75 Å². The summed E-state index contributed by atoms with van der Waals surface area (Å²) >= 11 is 6.04. The Morgan fingerprint density at radius 2 is 2.13 bits per heavy atom. The highest BCUT2D eigenvalue weighted by molar-refractivity contribution is 6.31. The minimum Gasteiger partial charge on any atom is -0.494 e. The van der Waals surface area contributed by atoms with E-state index in [0.717, 1.165) is 17.7 Å². The normalized spacial score (nSPS) is 12.5. The summed E-state index contributed by atoms with van der Waals surface area (Å²) < 4.78 is 5.44. The van der Waals surface area contributed by atoms with E-state index in [1.54, 1.807) is 6.07 Å². The average molecular weight is 229 g/mol. The number of ether oxygens (including phenoxy) is 1. The third-order valence-corrected chi connectivity index (χ3v) is 2.52. The molecule has 1 aromatic carbocycles. The van der Waals surface area contributed by atoms with Gasteiger partial charge in [0.25, 0.3) is 0 Å². The molecular formula is C12H17ClO2. The molecule has 1 N–H and O–H groups in total. The van der Waals surface area contributed by atoms with E-state index in [2.05, 4.69) is 6.92 Å². The Labute approximate surface area is 95.8 Å². The number of aliphatic hydroxyl groups excluding tert-OH is 1. The molecule has 1 aromatic rings. The van der Waals surface area contributed by atoms with Crippen molar-refractivity contribution in [3.63, 3.8) is 0 Å². The molecule has 15 heavy (non-hydrogen) atoms. The van der Waals surface area contributed by atoms with Crippen molar-refractivity contribution in [3.8, 4) is 5.75 Å². The molecule has 0 radical (unpaired) electrons. The molecule has 1 rings (SSSR count). The second-order valence-corrected chi connectivity index (χ2v) is 3.86. The van der Waals surface area contributed by atoms with Gasteiger partial charge >= 0.3 is 0 Å². The zero-order chi connectivity index (χ0) is 11.3. The molecule has 0 aromatic heterocycles. The van der Waals surface area contributed by atoms with E-state index >= 15 is 0 Å². The summed E-state index contributed by atoms with van der Waals surface area (Å²) in [4.78, 5) is 0. The second-order valence-electron chi connectivity index (χ2n) is 3.46. The van der Waals surface area contributed by atoms with E-state index < -0.39 is 6.10 Å². The highest BCUT2D eigenvalue weighted by Crippen LogP contribution is 2.28. The third kappa shape index (κ3) is 3.40. The first-order chi connectivity index (χ1) is 7.19. The fourth-order valence-corrected chi connectivity index (χ4v) is 1.60. The Balaban J connectivity index is 2.78. The van der Waals surface area contributed by atoms with Gasteiger partial charge in [0.2, 0.25) is 0 Å². The Kier molecular flexibility index (Phi) is 4.92. The van der Waals surface area contributed by atoms with Gasteiger partial charge in [-0.2, -0.15) is 0 Å². The molecule has 1 unspecified atom stereocenters. The third-order valence-electron chi connectivity index (χ3n) is 2.19. The molecule has 1 atom stereocenters. The monoisotopic (exact) mass is 228 g/mol. The van der Waals surface area contributed by atoms with E-state index in [-0.39, 0.29) is 0 Å². The van der Waals surface area contributed by atoms with E-state index in [1.165, 1.54) is 0 Å². The maximum Gasteiger partial charge on any atom is 0.120 e. The first-order valence-corrected chi connectivity index (χ1v) is 5.67. The first kappa shape index (κ1) is 12.3. The van der Waals surface area contributed by atoms with Crippen molar-refractivity contribution >= 4 is 11.6 Å². The van der Waals surface area contributed by atoms with Gasteiger partial charge in [-0.15, -0.1) is 0 Å². The number of halogens is 1. The lowest BCUT2D eigenvalue weighted by Crippen LogP contribution is -1.98. The lowest BCUT2D eigenvalue weighted by molar-refractivity contribution is 0.173. The average Bonchev–Trinajstić information content (AvgIpc) is 2.25. The van der Waals surface area contributed by atoms with Gasteiger partial charge in [-0.3, -0.25) is 0 Å². The molecule has 3 heteroatoms. The molecule has 0 aliphatic carbocycles. The molecule has 0 fully saturated rings. The molecule has 0 bridgehead atoms. The topological polar surface area (TPSA) is 29.5 Å². The molecule has 0 heterocycles. The minimum absolute atomic E-state index is 0.488. The Hall–Kier alpha value is -0.730. The van der Waals surface area contributed by atoms with Crippen LogP contribution in [0.3, 0.4) is 0 Å². The van der Waals surface area contributed by atoms with Crippen LogP contribution in [-0.2, 0) is 0 Å². The standard InChI is InChI=1S/C12H17ClO2/c1-3-7-15-9-5-6-10(11(13)8-9)12(14)4-2/h5-6,8,12,14H,3-4,7H2,1-2H3. The van der Waals surface area contributed by atoms with Crippen molar-refractivity contribution in [3.05, 3.63) is 28.8 Å². The maximum atomic E-state index is 9.65. The second kappa shape index (κ2) is 5.99. The van der Waals surface area contributed by atoms with Crippen LogP contribution >= 0.6 is 11.6 Å². The van der Waals surface area contributed by atoms with Crippen LogP contribution in [0.5, 0.6) is 5.75 Å². The van der Waals surface area contributed by atoms with E-state index in [1.807, 2.05) is 19.1 Å². The van der Waals surface area contributed by atoms with Crippen molar-refractivity contribution in [2.75, 3.05) is 6.61 Å². The largest absolute Gasteiger partial charge is 0.494 e. The van der Waals surface area contributed by atoms with Crippen molar-refractivity contribution < 1.29 is 9.84 Å². The summed E-state index contributed by atoms with van der Waals surface area (Å²) in [5.41, 5.74) is 0.767. The molecule has 0 amide bonds. The molecule has 2 nitrogen and oxygen atoms in total. The quantitative estimate of drug-likeness (QED) is 0.835. The highest BCUT2D eigenvalue weighted by Gasteiger charge is 2.09. The lowest BCUT2D eigenvalue weighted by atomic mass is 10.1. The van der Waals surface area contributed by atoms with Crippen LogP contribution in [0, 0.1) is 0 Å². The summed E-state index contributed by atoms with van der Waals surface area (Å²) in [5.74, 6) is 0.758. The molecular weight excluding hydrogens is 212 g/mol.